The Hall–Kier alpha value is -1.05. The first-order valence-corrected chi connectivity index (χ1v) is 5.55. The number of anilines is 1. The fourth-order valence-electron chi connectivity index (χ4n) is 2.33. The van der Waals surface area contributed by atoms with Crippen LogP contribution in [0.15, 0.2) is 18.3 Å². The van der Waals surface area contributed by atoms with Crippen molar-refractivity contribution >= 4 is 5.82 Å². The van der Waals surface area contributed by atoms with Gasteiger partial charge in [-0.2, -0.15) is 0 Å². The van der Waals surface area contributed by atoms with Gasteiger partial charge < -0.3 is 5.73 Å². The molecule has 1 fully saturated rings. The Balaban J connectivity index is 1.99. The molecule has 0 aliphatic heterocycles. The molecule has 0 bridgehead atoms. The zero-order valence-electron chi connectivity index (χ0n) is 8.58. The van der Waals surface area contributed by atoms with E-state index in [2.05, 4.69) is 11.1 Å². The van der Waals surface area contributed by atoms with Crippen LogP contribution in [0.2, 0.25) is 0 Å². The van der Waals surface area contributed by atoms with Gasteiger partial charge in [0.25, 0.3) is 0 Å². The zero-order valence-corrected chi connectivity index (χ0v) is 8.58. The zero-order chi connectivity index (χ0) is 9.80. The maximum absolute atomic E-state index is 5.83. The second-order valence-corrected chi connectivity index (χ2v) is 4.26. The lowest BCUT2D eigenvalue weighted by Gasteiger charge is -2.21. The Bertz CT molecular complexity index is 290. The van der Waals surface area contributed by atoms with Crippen molar-refractivity contribution in [3.8, 4) is 0 Å². The van der Waals surface area contributed by atoms with E-state index in [4.69, 9.17) is 5.73 Å². The molecule has 1 heterocycles. The van der Waals surface area contributed by atoms with Gasteiger partial charge in [0.05, 0.1) is 0 Å². The highest BCUT2D eigenvalue weighted by atomic mass is 14.8. The molecule has 1 saturated carbocycles. The summed E-state index contributed by atoms with van der Waals surface area (Å²) in [6, 6.07) is 4.09. The Kier molecular flexibility index (Phi) is 3.02. The molecule has 2 nitrogen and oxygen atoms in total. The van der Waals surface area contributed by atoms with Crippen molar-refractivity contribution in [1.29, 1.82) is 0 Å². The normalized spacial score (nSPS) is 18.3. The van der Waals surface area contributed by atoms with Gasteiger partial charge in [-0.25, -0.2) is 4.98 Å². The topological polar surface area (TPSA) is 38.9 Å². The van der Waals surface area contributed by atoms with E-state index in [-0.39, 0.29) is 0 Å². The third-order valence-electron chi connectivity index (χ3n) is 3.16. The van der Waals surface area contributed by atoms with Crippen molar-refractivity contribution in [2.75, 3.05) is 5.73 Å². The number of nitrogens with two attached hydrogens (primary N) is 1. The van der Waals surface area contributed by atoms with E-state index >= 15 is 0 Å². The van der Waals surface area contributed by atoms with E-state index in [1.165, 1.54) is 37.7 Å². The number of hydrogen-bond acceptors (Lipinski definition) is 2. The molecule has 1 aliphatic carbocycles. The molecule has 0 aromatic carbocycles. The predicted molar refractivity (Wildman–Crippen MR) is 58.9 cm³/mol. The smallest absolute Gasteiger partial charge is 0.126 e. The standard InChI is InChI=1S/C12H18N2/c13-12-11(7-4-8-14-12)9-10-5-2-1-3-6-10/h4,7-8,10H,1-3,5-6,9H2,(H2,13,14). The summed E-state index contributed by atoms with van der Waals surface area (Å²) in [6.45, 7) is 0. The quantitative estimate of drug-likeness (QED) is 0.778. The minimum absolute atomic E-state index is 0.720. The van der Waals surface area contributed by atoms with Gasteiger partial charge in [0, 0.05) is 6.20 Å². The number of hydrogen-bond donors (Lipinski definition) is 1. The largest absolute Gasteiger partial charge is 0.383 e. The van der Waals surface area contributed by atoms with E-state index < -0.39 is 0 Å². The number of pyridine rings is 1. The van der Waals surface area contributed by atoms with Crippen LogP contribution in [0.1, 0.15) is 37.7 Å². The lowest BCUT2D eigenvalue weighted by molar-refractivity contribution is 0.357. The van der Waals surface area contributed by atoms with Gasteiger partial charge in [-0.3, -0.25) is 0 Å². The molecule has 1 aliphatic rings. The highest BCUT2D eigenvalue weighted by Gasteiger charge is 2.14. The highest BCUT2D eigenvalue weighted by molar-refractivity contribution is 5.38. The van der Waals surface area contributed by atoms with Crippen LogP contribution in [0.4, 0.5) is 5.82 Å². The van der Waals surface area contributed by atoms with Crippen molar-refractivity contribution in [3.63, 3.8) is 0 Å². The van der Waals surface area contributed by atoms with Crippen LogP contribution >= 0.6 is 0 Å². The molecule has 2 N–H and O–H groups in total. The molecule has 0 amide bonds. The Morgan fingerprint density at radius 1 is 1.29 bits per heavy atom. The van der Waals surface area contributed by atoms with Crippen molar-refractivity contribution in [2.45, 2.75) is 38.5 Å². The number of nitrogens with zero attached hydrogens (tertiary/aromatic N) is 1. The molecular weight excluding hydrogens is 172 g/mol. The predicted octanol–water partition coefficient (Wildman–Crippen LogP) is 2.79. The number of aromatic nitrogens is 1. The average Bonchev–Trinajstić information content (AvgIpc) is 2.23. The first kappa shape index (κ1) is 9.50. The first-order valence-electron chi connectivity index (χ1n) is 5.55. The van der Waals surface area contributed by atoms with Crippen molar-refractivity contribution in [3.05, 3.63) is 23.9 Å². The average molecular weight is 190 g/mol. The fourth-order valence-corrected chi connectivity index (χ4v) is 2.33. The Labute approximate surface area is 85.5 Å². The molecule has 0 saturated heterocycles. The van der Waals surface area contributed by atoms with Crippen molar-refractivity contribution in [1.82, 2.24) is 4.98 Å². The van der Waals surface area contributed by atoms with E-state index in [1.807, 2.05) is 6.07 Å². The highest BCUT2D eigenvalue weighted by Crippen LogP contribution is 2.27. The summed E-state index contributed by atoms with van der Waals surface area (Å²) in [4.78, 5) is 4.12. The molecule has 2 heteroatoms. The van der Waals surface area contributed by atoms with Gasteiger partial charge >= 0.3 is 0 Å². The van der Waals surface area contributed by atoms with Crippen molar-refractivity contribution in [2.24, 2.45) is 5.92 Å². The second-order valence-electron chi connectivity index (χ2n) is 4.26. The molecule has 14 heavy (non-hydrogen) atoms. The lowest BCUT2D eigenvalue weighted by Crippen LogP contribution is -2.10. The SMILES string of the molecule is Nc1ncccc1CC1CCCCC1. The molecule has 1 aromatic rings. The summed E-state index contributed by atoms with van der Waals surface area (Å²) in [7, 11) is 0. The Morgan fingerprint density at radius 3 is 2.79 bits per heavy atom. The molecule has 2 rings (SSSR count). The number of rotatable bonds is 2. The van der Waals surface area contributed by atoms with E-state index in [9.17, 15) is 0 Å². The maximum Gasteiger partial charge on any atom is 0.126 e. The molecule has 0 radical (unpaired) electrons. The third kappa shape index (κ3) is 2.25. The van der Waals surface area contributed by atoms with Crippen LogP contribution in [-0.4, -0.2) is 4.98 Å². The van der Waals surface area contributed by atoms with Gasteiger partial charge in [0.15, 0.2) is 0 Å². The van der Waals surface area contributed by atoms with Gasteiger partial charge in [0.1, 0.15) is 5.82 Å². The van der Waals surface area contributed by atoms with Gasteiger partial charge in [-0.15, -0.1) is 0 Å². The van der Waals surface area contributed by atoms with Crippen LogP contribution in [0, 0.1) is 5.92 Å². The minimum Gasteiger partial charge on any atom is -0.383 e. The van der Waals surface area contributed by atoms with Crippen LogP contribution in [-0.2, 0) is 6.42 Å². The van der Waals surface area contributed by atoms with Crippen LogP contribution in [0.5, 0.6) is 0 Å². The minimum atomic E-state index is 0.720. The molecule has 1 aromatic heterocycles. The van der Waals surface area contributed by atoms with Crippen LogP contribution in [0.3, 0.4) is 0 Å². The fraction of sp³-hybridized carbons (Fsp3) is 0.583. The molecule has 0 spiro atoms. The third-order valence-corrected chi connectivity index (χ3v) is 3.16. The van der Waals surface area contributed by atoms with E-state index in [0.717, 1.165) is 18.2 Å². The van der Waals surface area contributed by atoms with Gasteiger partial charge in [-0.1, -0.05) is 38.2 Å². The van der Waals surface area contributed by atoms with Crippen LogP contribution in [0.25, 0.3) is 0 Å². The van der Waals surface area contributed by atoms with Gasteiger partial charge in [0.2, 0.25) is 0 Å². The number of nitrogen functional groups attached to an aromatic ring is 1. The maximum atomic E-state index is 5.83. The lowest BCUT2D eigenvalue weighted by atomic mass is 9.85. The summed E-state index contributed by atoms with van der Waals surface area (Å²) in [5, 5.41) is 0. The molecule has 0 atom stereocenters. The molecule has 0 unspecified atom stereocenters. The van der Waals surface area contributed by atoms with Gasteiger partial charge in [-0.05, 0) is 24.0 Å². The molecular formula is C12H18N2. The summed E-state index contributed by atoms with van der Waals surface area (Å²) in [5.74, 6) is 1.56. The second kappa shape index (κ2) is 4.45. The monoisotopic (exact) mass is 190 g/mol. The summed E-state index contributed by atoms with van der Waals surface area (Å²) in [5.41, 5.74) is 7.06. The molecule has 76 valence electrons. The van der Waals surface area contributed by atoms with Crippen LogP contribution < -0.4 is 5.73 Å². The van der Waals surface area contributed by atoms with E-state index in [0.29, 0.717) is 0 Å². The first-order chi connectivity index (χ1) is 6.86. The summed E-state index contributed by atoms with van der Waals surface area (Å²) < 4.78 is 0. The van der Waals surface area contributed by atoms with Crippen molar-refractivity contribution < 1.29 is 0 Å². The summed E-state index contributed by atoms with van der Waals surface area (Å²) in [6.07, 6.45) is 9.83. The Morgan fingerprint density at radius 2 is 2.07 bits per heavy atom. The van der Waals surface area contributed by atoms with E-state index in [1.54, 1.807) is 6.20 Å². The summed E-state index contributed by atoms with van der Waals surface area (Å²) >= 11 is 0.